The molecule has 1 aliphatic carbocycles. The molecule has 3 unspecified atom stereocenters. The molecule has 3 N–H and O–H groups in total. The molecule has 0 spiro atoms. The minimum absolute atomic E-state index is 0.0168. The highest BCUT2D eigenvalue weighted by molar-refractivity contribution is 6.00. The largest absolute Gasteiger partial charge is 0.443 e. The zero-order valence-electron chi connectivity index (χ0n) is 17.1. The average molecular weight is 400 g/mol. The monoisotopic (exact) mass is 400 g/mol. The highest BCUT2D eigenvalue weighted by Crippen LogP contribution is 2.32. The lowest BCUT2D eigenvalue weighted by molar-refractivity contribution is 0.0583. The van der Waals surface area contributed by atoms with Crippen molar-refractivity contribution in [2.75, 3.05) is 11.4 Å². The van der Waals surface area contributed by atoms with Gasteiger partial charge in [-0.05, 0) is 64.2 Å². The van der Waals surface area contributed by atoms with Crippen LogP contribution in [0.4, 0.5) is 15.3 Å². The predicted octanol–water partition coefficient (Wildman–Crippen LogP) is 2.32. The second kappa shape index (κ2) is 7.24. The van der Waals surface area contributed by atoms with Gasteiger partial charge in [0.25, 0.3) is 5.91 Å². The Hall–Kier alpha value is -2.77. The van der Waals surface area contributed by atoms with E-state index in [9.17, 15) is 14.4 Å². The molecule has 29 heavy (non-hydrogen) atoms. The summed E-state index contributed by atoms with van der Waals surface area (Å²) in [4.78, 5) is 38.6. The van der Waals surface area contributed by atoms with Crippen molar-refractivity contribution in [2.45, 2.75) is 70.2 Å². The van der Waals surface area contributed by atoms with Crippen LogP contribution in [0, 0.1) is 0 Å². The Balaban J connectivity index is 1.45. The van der Waals surface area contributed by atoms with Crippen LogP contribution in [0.5, 0.6) is 0 Å². The number of rotatable bonds is 2. The molecule has 8 nitrogen and oxygen atoms in total. The van der Waals surface area contributed by atoms with E-state index in [2.05, 4.69) is 16.0 Å². The molecular formula is C21H28N4O4. The van der Waals surface area contributed by atoms with E-state index >= 15 is 0 Å². The van der Waals surface area contributed by atoms with Gasteiger partial charge in [0.15, 0.2) is 0 Å². The third-order valence-corrected chi connectivity index (χ3v) is 5.70. The Morgan fingerprint density at radius 3 is 2.69 bits per heavy atom. The molecule has 156 valence electrons. The normalized spacial score (nSPS) is 25.6. The second-order valence-corrected chi connectivity index (χ2v) is 9.00. The summed E-state index contributed by atoms with van der Waals surface area (Å²) >= 11 is 0. The van der Waals surface area contributed by atoms with Crippen LogP contribution in [0.25, 0.3) is 0 Å². The predicted molar refractivity (Wildman–Crippen MR) is 108 cm³/mol. The van der Waals surface area contributed by atoms with E-state index < -0.39 is 11.7 Å². The molecule has 2 fully saturated rings. The lowest BCUT2D eigenvalue weighted by atomic mass is 9.87. The highest BCUT2D eigenvalue weighted by atomic mass is 16.6. The van der Waals surface area contributed by atoms with Gasteiger partial charge in [0.1, 0.15) is 5.60 Å². The van der Waals surface area contributed by atoms with Crippen molar-refractivity contribution in [1.29, 1.82) is 0 Å². The first kappa shape index (κ1) is 19.5. The van der Waals surface area contributed by atoms with E-state index in [1.807, 2.05) is 26.8 Å². The third-order valence-electron chi connectivity index (χ3n) is 5.70. The maximum Gasteiger partial charge on any atom is 0.414 e. The van der Waals surface area contributed by atoms with Crippen molar-refractivity contribution in [3.05, 3.63) is 29.3 Å². The van der Waals surface area contributed by atoms with Gasteiger partial charge in [-0.25, -0.2) is 9.59 Å². The number of ether oxygens (including phenoxy) is 1. The number of urea groups is 1. The SMILES string of the molecule is CC(C)(C)OC(=O)N1CCc2c(C(=O)NC3CCC4NC(=O)NC4C3)cccc21. The molecule has 1 saturated carbocycles. The molecular weight excluding hydrogens is 372 g/mol. The molecule has 1 aromatic carbocycles. The van der Waals surface area contributed by atoms with Gasteiger partial charge in [-0.1, -0.05) is 6.07 Å². The Bertz CT molecular complexity index is 848. The van der Waals surface area contributed by atoms with Crippen LogP contribution in [0.15, 0.2) is 18.2 Å². The molecule has 1 aromatic rings. The Morgan fingerprint density at radius 1 is 1.17 bits per heavy atom. The number of hydrogen-bond donors (Lipinski definition) is 3. The summed E-state index contributed by atoms with van der Waals surface area (Å²) in [5.41, 5.74) is 1.64. The van der Waals surface area contributed by atoms with E-state index in [-0.39, 0.29) is 30.1 Å². The van der Waals surface area contributed by atoms with Crippen LogP contribution in [0.3, 0.4) is 0 Å². The quantitative estimate of drug-likeness (QED) is 0.709. The maximum absolute atomic E-state index is 13.0. The fourth-order valence-electron chi connectivity index (χ4n) is 4.43. The van der Waals surface area contributed by atoms with Gasteiger partial charge in [-0.3, -0.25) is 9.69 Å². The zero-order valence-corrected chi connectivity index (χ0v) is 17.1. The highest BCUT2D eigenvalue weighted by Gasteiger charge is 2.38. The van der Waals surface area contributed by atoms with E-state index in [4.69, 9.17) is 4.74 Å². The summed E-state index contributed by atoms with van der Waals surface area (Å²) in [5, 5.41) is 8.95. The van der Waals surface area contributed by atoms with Crippen LogP contribution in [0.1, 0.15) is 56.0 Å². The molecule has 8 heteroatoms. The number of hydrogen-bond acceptors (Lipinski definition) is 4. The first-order valence-corrected chi connectivity index (χ1v) is 10.2. The number of benzene rings is 1. The summed E-state index contributed by atoms with van der Waals surface area (Å²) in [6.45, 7) is 6.01. The molecule has 3 atom stereocenters. The van der Waals surface area contributed by atoms with Crippen LogP contribution in [0.2, 0.25) is 0 Å². The van der Waals surface area contributed by atoms with Crippen molar-refractivity contribution >= 4 is 23.7 Å². The number of carbonyl (C=O) groups is 3. The van der Waals surface area contributed by atoms with Gasteiger partial charge in [0, 0.05) is 18.2 Å². The second-order valence-electron chi connectivity index (χ2n) is 9.00. The van der Waals surface area contributed by atoms with E-state index in [1.165, 1.54) is 0 Å². The van der Waals surface area contributed by atoms with Gasteiger partial charge in [-0.2, -0.15) is 0 Å². The number of nitrogens with zero attached hydrogens (tertiary/aromatic N) is 1. The van der Waals surface area contributed by atoms with Gasteiger partial charge in [0.2, 0.25) is 0 Å². The zero-order chi connectivity index (χ0) is 20.8. The Kier molecular flexibility index (Phi) is 4.88. The molecule has 3 aliphatic rings. The Morgan fingerprint density at radius 2 is 1.93 bits per heavy atom. The van der Waals surface area contributed by atoms with Crippen molar-refractivity contribution in [3.63, 3.8) is 0 Å². The van der Waals surface area contributed by atoms with Gasteiger partial charge in [0.05, 0.1) is 17.8 Å². The topological polar surface area (TPSA) is 99.8 Å². The lowest BCUT2D eigenvalue weighted by Gasteiger charge is -2.31. The van der Waals surface area contributed by atoms with E-state index in [0.717, 1.165) is 24.1 Å². The van der Waals surface area contributed by atoms with Crippen molar-refractivity contribution in [3.8, 4) is 0 Å². The summed E-state index contributed by atoms with van der Waals surface area (Å²) in [6.07, 6.45) is 2.61. The van der Waals surface area contributed by atoms with Crippen molar-refractivity contribution < 1.29 is 19.1 Å². The first-order valence-electron chi connectivity index (χ1n) is 10.2. The minimum Gasteiger partial charge on any atom is -0.443 e. The summed E-state index contributed by atoms with van der Waals surface area (Å²) in [5.74, 6) is -0.131. The summed E-state index contributed by atoms with van der Waals surface area (Å²) in [7, 11) is 0. The van der Waals surface area contributed by atoms with Crippen LogP contribution < -0.4 is 20.9 Å². The fourth-order valence-corrected chi connectivity index (χ4v) is 4.43. The Labute approximate surface area is 170 Å². The van der Waals surface area contributed by atoms with Crippen molar-refractivity contribution in [1.82, 2.24) is 16.0 Å². The molecule has 4 rings (SSSR count). The van der Waals surface area contributed by atoms with Gasteiger partial charge >= 0.3 is 12.1 Å². The standard InChI is InChI=1S/C21H28N4O4/c1-21(2,3)29-20(28)25-10-9-13-14(5-4-6-17(13)25)18(26)22-12-7-8-15-16(11-12)24-19(27)23-15/h4-6,12,15-16H,7-11H2,1-3H3,(H,22,26)(H2,23,24,27). The number of amides is 4. The fraction of sp³-hybridized carbons (Fsp3) is 0.571. The average Bonchev–Trinajstić information content (AvgIpc) is 3.22. The molecule has 0 bridgehead atoms. The smallest absolute Gasteiger partial charge is 0.414 e. The molecule has 4 amide bonds. The molecule has 2 heterocycles. The summed E-state index contributed by atoms with van der Waals surface area (Å²) < 4.78 is 5.50. The maximum atomic E-state index is 13.0. The summed E-state index contributed by atoms with van der Waals surface area (Å²) in [6, 6.07) is 5.56. The van der Waals surface area contributed by atoms with Gasteiger partial charge < -0.3 is 20.7 Å². The third kappa shape index (κ3) is 4.02. The van der Waals surface area contributed by atoms with E-state index in [0.29, 0.717) is 24.9 Å². The van der Waals surface area contributed by atoms with E-state index in [1.54, 1.807) is 17.0 Å². The minimum atomic E-state index is -0.571. The molecule has 0 aromatic heterocycles. The molecule has 1 saturated heterocycles. The van der Waals surface area contributed by atoms with Crippen molar-refractivity contribution in [2.24, 2.45) is 0 Å². The number of fused-ring (bicyclic) bond motifs is 2. The van der Waals surface area contributed by atoms with Gasteiger partial charge in [-0.15, -0.1) is 0 Å². The molecule has 2 aliphatic heterocycles. The van der Waals surface area contributed by atoms with Crippen LogP contribution in [-0.2, 0) is 11.2 Å². The lowest BCUT2D eigenvalue weighted by Crippen LogP contribution is -2.47. The van der Waals surface area contributed by atoms with Crippen LogP contribution >= 0.6 is 0 Å². The number of carbonyl (C=O) groups excluding carboxylic acids is 3. The molecule has 0 radical (unpaired) electrons. The first-order chi connectivity index (χ1) is 13.7. The number of nitrogens with one attached hydrogen (secondary N) is 3. The number of anilines is 1. The van der Waals surface area contributed by atoms with Crippen LogP contribution in [-0.4, -0.2) is 48.3 Å².